The van der Waals surface area contributed by atoms with Crippen molar-refractivity contribution in [2.24, 2.45) is 0 Å². The van der Waals surface area contributed by atoms with Gasteiger partial charge in [0, 0.05) is 18.7 Å². The summed E-state index contributed by atoms with van der Waals surface area (Å²) in [5.74, 6) is 0.249. The van der Waals surface area contributed by atoms with Gasteiger partial charge in [-0.1, -0.05) is 13.0 Å². The van der Waals surface area contributed by atoms with E-state index in [0.717, 1.165) is 13.0 Å². The van der Waals surface area contributed by atoms with Gasteiger partial charge in [0.25, 0.3) is 0 Å². The summed E-state index contributed by atoms with van der Waals surface area (Å²) in [5.41, 5.74) is 1.19. The van der Waals surface area contributed by atoms with Crippen molar-refractivity contribution in [1.82, 2.24) is 4.90 Å². The Hall–Kier alpha value is -0.790. The summed E-state index contributed by atoms with van der Waals surface area (Å²) in [4.78, 5) is 12.9. The van der Waals surface area contributed by atoms with E-state index in [1.165, 1.54) is 5.70 Å². The molecule has 10 heavy (non-hydrogen) atoms. The van der Waals surface area contributed by atoms with Crippen LogP contribution in [0.25, 0.3) is 0 Å². The third-order valence-corrected chi connectivity index (χ3v) is 1.84. The molecule has 0 radical (unpaired) electrons. The molecule has 0 unspecified atom stereocenters. The first kappa shape index (κ1) is 7.32. The Bertz CT molecular complexity index is 172. The van der Waals surface area contributed by atoms with Crippen LogP contribution in [-0.4, -0.2) is 17.4 Å². The van der Waals surface area contributed by atoms with Crippen molar-refractivity contribution in [2.75, 3.05) is 6.54 Å². The Kier molecular flexibility index (Phi) is 2.10. The van der Waals surface area contributed by atoms with Crippen LogP contribution in [-0.2, 0) is 4.79 Å². The van der Waals surface area contributed by atoms with E-state index in [9.17, 15) is 4.79 Å². The summed E-state index contributed by atoms with van der Waals surface area (Å²) in [6, 6.07) is 0. The lowest BCUT2D eigenvalue weighted by Crippen LogP contribution is -2.24. The van der Waals surface area contributed by atoms with Crippen LogP contribution in [0.1, 0.15) is 26.7 Å². The van der Waals surface area contributed by atoms with Crippen molar-refractivity contribution in [3.63, 3.8) is 0 Å². The van der Waals surface area contributed by atoms with Crippen molar-refractivity contribution in [2.45, 2.75) is 26.7 Å². The van der Waals surface area contributed by atoms with E-state index < -0.39 is 0 Å². The molecule has 0 saturated carbocycles. The molecule has 1 heterocycles. The van der Waals surface area contributed by atoms with Gasteiger partial charge in [-0.25, -0.2) is 0 Å². The standard InChI is InChI=1S/C8H13NO/c1-3-7-5-6-8(10)9(7)4-2/h5H,3-4,6H2,1-2H3. The smallest absolute Gasteiger partial charge is 0.230 e. The number of carbonyl (C=O) groups is 1. The zero-order chi connectivity index (χ0) is 7.56. The minimum absolute atomic E-state index is 0.249. The highest BCUT2D eigenvalue weighted by Crippen LogP contribution is 2.17. The molecule has 0 aromatic carbocycles. The van der Waals surface area contributed by atoms with Crippen LogP contribution in [0.2, 0.25) is 0 Å². The fourth-order valence-corrected chi connectivity index (χ4v) is 1.30. The van der Waals surface area contributed by atoms with Gasteiger partial charge in [-0.05, 0) is 13.3 Å². The molecule has 0 atom stereocenters. The van der Waals surface area contributed by atoms with Gasteiger partial charge in [-0.3, -0.25) is 4.79 Å². The van der Waals surface area contributed by atoms with E-state index in [1.807, 2.05) is 17.9 Å². The van der Waals surface area contributed by atoms with Crippen molar-refractivity contribution >= 4 is 5.91 Å². The predicted octanol–water partition coefficient (Wildman–Crippen LogP) is 1.53. The molecule has 1 aliphatic heterocycles. The van der Waals surface area contributed by atoms with Crippen LogP contribution in [0.4, 0.5) is 0 Å². The SMILES string of the molecule is CCC1=CCC(=O)N1CC. The monoisotopic (exact) mass is 139 g/mol. The number of carbonyl (C=O) groups excluding carboxylic acids is 1. The number of nitrogens with zero attached hydrogens (tertiary/aromatic N) is 1. The minimum atomic E-state index is 0.249. The van der Waals surface area contributed by atoms with Crippen LogP contribution in [0.15, 0.2) is 11.8 Å². The van der Waals surface area contributed by atoms with E-state index in [1.54, 1.807) is 0 Å². The molecular formula is C8H13NO. The van der Waals surface area contributed by atoms with Gasteiger partial charge in [0.05, 0.1) is 0 Å². The van der Waals surface area contributed by atoms with Crippen LogP contribution >= 0.6 is 0 Å². The highest BCUT2D eigenvalue weighted by Gasteiger charge is 2.19. The zero-order valence-corrected chi connectivity index (χ0v) is 6.55. The summed E-state index contributed by atoms with van der Waals surface area (Å²) in [7, 11) is 0. The summed E-state index contributed by atoms with van der Waals surface area (Å²) in [6.07, 6.45) is 3.60. The average molecular weight is 139 g/mol. The van der Waals surface area contributed by atoms with Gasteiger partial charge < -0.3 is 4.90 Å². The van der Waals surface area contributed by atoms with Crippen molar-refractivity contribution < 1.29 is 4.79 Å². The Morgan fingerprint density at radius 1 is 1.60 bits per heavy atom. The Balaban J connectivity index is 2.66. The van der Waals surface area contributed by atoms with Gasteiger partial charge in [-0.15, -0.1) is 0 Å². The maximum atomic E-state index is 11.0. The third kappa shape index (κ3) is 1.06. The summed E-state index contributed by atoms with van der Waals surface area (Å²) in [5, 5.41) is 0. The van der Waals surface area contributed by atoms with Gasteiger partial charge in [0.1, 0.15) is 0 Å². The molecule has 1 rings (SSSR count). The maximum Gasteiger partial charge on any atom is 0.230 e. The minimum Gasteiger partial charge on any atom is -0.317 e. The third-order valence-electron chi connectivity index (χ3n) is 1.84. The first-order valence-corrected chi connectivity index (χ1v) is 3.79. The molecule has 2 nitrogen and oxygen atoms in total. The van der Waals surface area contributed by atoms with Crippen LogP contribution in [0.5, 0.6) is 0 Å². The van der Waals surface area contributed by atoms with E-state index in [2.05, 4.69) is 6.92 Å². The first-order chi connectivity index (χ1) is 4.79. The summed E-state index contributed by atoms with van der Waals surface area (Å²) >= 11 is 0. The molecule has 0 spiro atoms. The zero-order valence-electron chi connectivity index (χ0n) is 6.55. The fraction of sp³-hybridized carbons (Fsp3) is 0.625. The molecule has 0 aromatic rings. The van der Waals surface area contributed by atoms with Gasteiger partial charge in [0.2, 0.25) is 5.91 Å². The van der Waals surface area contributed by atoms with Crippen LogP contribution in [0.3, 0.4) is 0 Å². The average Bonchev–Trinajstić information content (AvgIpc) is 2.30. The van der Waals surface area contributed by atoms with Crippen molar-refractivity contribution in [3.05, 3.63) is 11.8 Å². The van der Waals surface area contributed by atoms with E-state index >= 15 is 0 Å². The van der Waals surface area contributed by atoms with E-state index in [0.29, 0.717) is 6.42 Å². The number of hydrogen-bond acceptors (Lipinski definition) is 1. The molecule has 0 aliphatic carbocycles. The Morgan fingerprint density at radius 3 is 2.70 bits per heavy atom. The van der Waals surface area contributed by atoms with Gasteiger partial charge >= 0.3 is 0 Å². The lowest BCUT2D eigenvalue weighted by molar-refractivity contribution is -0.127. The number of amides is 1. The highest BCUT2D eigenvalue weighted by atomic mass is 16.2. The fourth-order valence-electron chi connectivity index (χ4n) is 1.30. The quantitative estimate of drug-likeness (QED) is 0.568. The topological polar surface area (TPSA) is 20.3 Å². The van der Waals surface area contributed by atoms with E-state index in [-0.39, 0.29) is 5.91 Å². The van der Waals surface area contributed by atoms with Crippen LogP contribution < -0.4 is 0 Å². The summed E-state index contributed by atoms with van der Waals surface area (Å²) < 4.78 is 0. The van der Waals surface area contributed by atoms with E-state index in [4.69, 9.17) is 0 Å². The highest BCUT2D eigenvalue weighted by molar-refractivity contribution is 5.82. The maximum absolute atomic E-state index is 11.0. The van der Waals surface area contributed by atoms with Crippen molar-refractivity contribution in [1.29, 1.82) is 0 Å². The molecule has 0 aromatic heterocycles. The number of rotatable bonds is 2. The summed E-state index contributed by atoms with van der Waals surface area (Å²) in [6.45, 7) is 4.90. The molecule has 0 fully saturated rings. The predicted molar refractivity (Wildman–Crippen MR) is 40.4 cm³/mol. The lowest BCUT2D eigenvalue weighted by Gasteiger charge is -2.16. The molecule has 2 heteroatoms. The second kappa shape index (κ2) is 2.86. The Morgan fingerprint density at radius 2 is 2.30 bits per heavy atom. The number of allylic oxidation sites excluding steroid dienone is 1. The molecule has 1 amide bonds. The van der Waals surface area contributed by atoms with Crippen molar-refractivity contribution in [3.8, 4) is 0 Å². The first-order valence-electron chi connectivity index (χ1n) is 3.79. The number of hydrogen-bond donors (Lipinski definition) is 0. The molecule has 56 valence electrons. The molecule has 0 bridgehead atoms. The van der Waals surface area contributed by atoms with Gasteiger partial charge in [0.15, 0.2) is 0 Å². The van der Waals surface area contributed by atoms with Crippen LogP contribution in [0, 0.1) is 0 Å². The van der Waals surface area contributed by atoms with Gasteiger partial charge in [-0.2, -0.15) is 0 Å². The largest absolute Gasteiger partial charge is 0.317 e. The molecule has 1 aliphatic rings. The molecular weight excluding hydrogens is 126 g/mol. The second-order valence-corrected chi connectivity index (χ2v) is 2.39. The Labute approximate surface area is 61.5 Å². The molecule has 0 saturated heterocycles. The second-order valence-electron chi connectivity index (χ2n) is 2.39. The molecule has 0 N–H and O–H groups in total. The lowest BCUT2D eigenvalue weighted by atomic mass is 10.3. The normalized spacial score (nSPS) is 18.0.